The average Bonchev–Trinajstić information content (AvgIpc) is 2.29. The van der Waals surface area contributed by atoms with Crippen LogP contribution in [0.4, 0.5) is 0 Å². The highest BCUT2D eigenvalue weighted by Crippen LogP contribution is 2.22. The summed E-state index contributed by atoms with van der Waals surface area (Å²) in [5.41, 5.74) is -1.21. The lowest BCUT2D eigenvalue weighted by atomic mass is 10.1. The third kappa shape index (κ3) is 2.53. The van der Waals surface area contributed by atoms with Gasteiger partial charge in [-0.15, -0.1) is 0 Å². The quantitative estimate of drug-likeness (QED) is 0.428. The molecule has 0 aromatic heterocycles. The average molecular weight is 220 g/mol. The molecule has 1 aromatic carbocycles. The van der Waals surface area contributed by atoms with Crippen molar-refractivity contribution < 1.29 is 19.1 Å². The van der Waals surface area contributed by atoms with Gasteiger partial charge in [0.05, 0.1) is 5.56 Å². The Balaban J connectivity index is 3.10. The summed E-state index contributed by atoms with van der Waals surface area (Å²) in [6, 6.07) is 6.47. The lowest BCUT2D eigenvalue weighted by Crippen LogP contribution is -2.36. The molecule has 0 radical (unpaired) electrons. The highest BCUT2D eigenvalue weighted by molar-refractivity contribution is 5.97. The summed E-state index contributed by atoms with van der Waals surface area (Å²) in [4.78, 5) is 32.7. The van der Waals surface area contributed by atoms with E-state index in [2.05, 4.69) is 0 Å². The predicted octanol–water partition coefficient (Wildman–Crippen LogP) is 1.42. The second-order valence-corrected chi connectivity index (χ2v) is 3.57. The fourth-order valence-corrected chi connectivity index (χ4v) is 1.16. The van der Waals surface area contributed by atoms with Gasteiger partial charge in [-0.05, 0) is 26.0 Å². The van der Waals surface area contributed by atoms with Gasteiger partial charge in [0.2, 0.25) is 5.60 Å². The Bertz CT molecular complexity index is 415. The summed E-state index contributed by atoms with van der Waals surface area (Å²) < 4.78 is 5.24. The smallest absolute Gasteiger partial charge is 0.215 e. The summed E-state index contributed by atoms with van der Waals surface area (Å²) in [5.74, 6) is 0.0476. The summed E-state index contributed by atoms with van der Waals surface area (Å²) in [6.45, 7) is 2.73. The van der Waals surface area contributed by atoms with Gasteiger partial charge in [0.25, 0.3) is 0 Å². The zero-order valence-electron chi connectivity index (χ0n) is 9.10. The van der Waals surface area contributed by atoms with Crippen molar-refractivity contribution in [1.82, 2.24) is 0 Å². The van der Waals surface area contributed by atoms with E-state index in [1.807, 2.05) is 0 Å². The lowest BCUT2D eigenvalue weighted by Gasteiger charge is -2.19. The highest BCUT2D eigenvalue weighted by atomic mass is 16.5. The van der Waals surface area contributed by atoms with Crippen LogP contribution in [-0.4, -0.2) is 24.0 Å². The van der Waals surface area contributed by atoms with Crippen LogP contribution < -0.4 is 4.74 Å². The molecular weight excluding hydrogens is 208 g/mol. The van der Waals surface area contributed by atoms with Crippen LogP contribution >= 0.6 is 0 Å². The number of hydrogen-bond acceptors (Lipinski definition) is 4. The van der Waals surface area contributed by atoms with Gasteiger partial charge in [-0.25, -0.2) is 0 Å². The van der Waals surface area contributed by atoms with Crippen molar-refractivity contribution in [2.45, 2.75) is 19.4 Å². The topological polar surface area (TPSA) is 60.4 Å². The van der Waals surface area contributed by atoms with Gasteiger partial charge in [-0.3, -0.25) is 14.4 Å². The molecule has 84 valence electrons. The number of hydrogen-bond donors (Lipinski definition) is 0. The first-order chi connectivity index (χ1) is 7.52. The fraction of sp³-hybridized carbons (Fsp3) is 0.250. The molecule has 0 aliphatic rings. The standard InChI is InChI=1S/C12H12O4/c1-9(15)10-5-3-4-6-11(10)16-12(2,7-13)8-14/h3-8H,1-2H3. The molecule has 0 atom stereocenters. The number of para-hydroxylation sites is 1. The number of benzene rings is 1. The molecule has 0 heterocycles. The molecular formula is C12H12O4. The molecule has 4 nitrogen and oxygen atoms in total. The third-order valence-corrected chi connectivity index (χ3v) is 2.06. The van der Waals surface area contributed by atoms with Crippen molar-refractivity contribution in [3.05, 3.63) is 29.8 Å². The molecule has 0 aliphatic carbocycles. The van der Waals surface area contributed by atoms with Crippen LogP contribution in [0.1, 0.15) is 24.2 Å². The summed E-state index contributed by atoms with van der Waals surface area (Å²) in [5, 5.41) is 0. The van der Waals surface area contributed by atoms with Gasteiger partial charge in [-0.2, -0.15) is 0 Å². The van der Waals surface area contributed by atoms with Crippen LogP contribution in [0.2, 0.25) is 0 Å². The molecule has 0 aliphatic heterocycles. The molecule has 16 heavy (non-hydrogen) atoms. The third-order valence-electron chi connectivity index (χ3n) is 2.06. The van der Waals surface area contributed by atoms with Crippen molar-refractivity contribution in [3.63, 3.8) is 0 Å². The van der Waals surface area contributed by atoms with Crippen molar-refractivity contribution in [2.24, 2.45) is 0 Å². The zero-order valence-corrected chi connectivity index (χ0v) is 9.10. The largest absolute Gasteiger partial charge is 0.472 e. The number of ketones is 1. The first-order valence-corrected chi connectivity index (χ1v) is 4.74. The first kappa shape index (κ1) is 12.1. The Kier molecular flexibility index (Phi) is 3.55. The van der Waals surface area contributed by atoms with E-state index in [1.54, 1.807) is 24.3 Å². The van der Waals surface area contributed by atoms with Gasteiger partial charge in [0.15, 0.2) is 18.4 Å². The molecule has 4 heteroatoms. The SMILES string of the molecule is CC(=O)c1ccccc1OC(C)(C=O)C=O. The molecule has 0 saturated carbocycles. The van der Waals surface area contributed by atoms with Crippen LogP contribution in [0.3, 0.4) is 0 Å². The van der Waals surface area contributed by atoms with E-state index < -0.39 is 5.60 Å². The minimum absolute atomic E-state index is 0.185. The molecule has 0 bridgehead atoms. The maximum absolute atomic E-state index is 11.3. The van der Waals surface area contributed by atoms with Crippen LogP contribution in [0, 0.1) is 0 Å². The zero-order chi connectivity index (χ0) is 12.2. The monoisotopic (exact) mass is 220 g/mol. The summed E-state index contributed by atoms with van der Waals surface area (Å²) in [7, 11) is 0. The van der Waals surface area contributed by atoms with Crippen molar-refractivity contribution in [2.75, 3.05) is 0 Å². The molecule has 0 N–H and O–H groups in total. The van der Waals surface area contributed by atoms with Crippen LogP contribution in [0.15, 0.2) is 24.3 Å². The second-order valence-electron chi connectivity index (χ2n) is 3.57. The van der Waals surface area contributed by atoms with Gasteiger partial charge in [0, 0.05) is 0 Å². The minimum Gasteiger partial charge on any atom is -0.472 e. The molecule has 0 amide bonds. The normalized spacial score (nSPS) is 10.6. The minimum atomic E-state index is -1.55. The summed E-state index contributed by atoms with van der Waals surface area (Å²) >= 11 is 0. The van der Waals surface area contributed by atoms with E-state index >= 15 is 0 Å². The van der Waals surface area contributed by atoms with Gasteiger partial charge in [-0.1, -0.05) is 12.1 Å². The van der Waals surface area contributed by atoms with E-state index in [1.165, 1.54) is 13.8 Å². The summed E-state index contributed by atoms with van der Waals surface area (Å²) in [6.07, 6.45) is 0.799. The Morgan fingerprint density at radius 1 is 1.25 bits per heavy atom. The molecule has 0 saturated heterocycles. The lowest BCUT2D eigenvalue weighted by molar-refractivity contribution is -0.130. The van der Waals surface area contributed by atoms with Gasteiger partial charge >= 0.3 is 0 Å². The van der Waals surface area contributed by atoms with Gasteiger partial charge < -0.3 is 4.74 Å². The van der Waals surface area contributed by atoms with E-state index in [-0.39, 0.29) is 11.5 Å². The molecule has 1 rings (SSSR count). The Morgan fingerprint density at radius 3 is 2.31 bits per heavy atom. The molecule has 0 spiro atoms. The highest BCUT2D eigenvalue weighted by Gasteiger charge is 2.26. The molecule has 1 aromatic rings. The van der Waals surface area contributed by atoms with E-state index in [0.717, 1.165) is 0 Å². The van der Waals surface area contributed by atoms with E-state index in [9.17, 15) is 14.4 Å². The van der Waals surface area contributed by atoms with Crippen LogP contribution in [-0.2, 0) is 9.59 Å². The van der Waals surface area contributed by atoms with Crippen molar-refractivity contribution in [3.8, 4) is 5.75 Å². The Hall–Kier alpha value is -1.97. The van der Waals surface area contributed by atoms with Gasteiger partial charge in [0.1, 0.15) is 5.75 Å². The predicted molar refractivity (Wildman–Crippen MR) is 57.6 cm³/mol. The number of carbonyl (C=O) groups is 3. The van der Waals surface area contributed by atoms with Crippen LogP contribution in [0.5, 0.6) is 5.75 Å². The number of ether oxygens (including phenoxy) is 1. The van der Waals surface area contributed by atoms with Crippen LogP contribution in [0.25, 0.3) is 0 Å². The number of aldehydes is 2. The maximum atomic E-state index is 11.3. The number of Topliss-reactive ketones (excluding diaryl/α,β-unsaturated/α-hetero) is 1. The molecule has 0 fully saturated rings. The Morgan fingerprint density at radius 2 is 1.81 bits per heavy atom. The van der Waals surface area contributed by atoms with Crippen molar-refractivity contribution in [1.29, 1.82) is 0 Å². The number of rotatable bonds is 5. The first-order valence-electron chi connectivity index (χ1n) is 4.74. The van der Waals surface area contributed by atoms with Crippen molar-refractivity contribution >= 4 is 18.4 Å². The van der Waals surface area contributed by atoms with E-state index in [4.69, 9.17) is 4.74 Å². The fourth-order valence-electron chi connectivity index (χ4n) is 1.16. The molecule has 0 unspecified atom stereocenters. The second kappa shape index (κ2) is 4.70. The van der Waals surface area contributed by atoms with E-state index in [0.29, 0.717) is 18.1 Å². The maximum Gasteiger partial charge on any atom is 0.215 e. The number of carbonyl (C=O) groups excluding carboxylic acids is 3. The Labute approximate surface area is 93.2 Å².